The van der Waals surface area contributed by atoms with E-state index in [9.17, 15) is 0 Å². The number of likely N-dealkylation sites (tertiary alicyclic amines) is 1. The fourth-order valence-electron chi connectivity index (χ4n) is 3.59. The molecular weight excluding hydrogens is 212 g/mol. The second-order valence-corrected chi connectivity index (χ2v) is 5.90. The van der Waals surface area contributed by atoms with E-state index in [2.05, 4.69) is 17.1 Å². The number of nitrogens with zero attached hydrogens (tertiary/aromatic N) is 1. The highest BCUT2D eigenvalue weighted by atomic mass is 16.5. The average Bonchev–Trinajstić information content (AvgIpc) is 3.09. The summed E-state index contributed by atoms with van der Waals surface area (Å²) < 4.78 is 5.96. The summed E-state index contributed by atoms with van der Waals surface area (Å²) in [6.07, 6.45) is 7.31. The normalized spacial score (nSPS) is 36.5. The lowest BCUT2D eigenvalue weighted by Crippen LogP contribution is -2.49. The van der Waals surface area contributed by atoms with Crippen molar-refractivity contribution in [1.29, 1.82) is 0 Å². The molecule has 1 aliphatic carbocycles. The molecule has 0 radical (unpaired) electrons. The van der Waals surface area contributed by atoms with E-state index in [1.807, 2.05) is 0 Å². The number of hydrogen-bond donors (Lipinski definition) is 1. The van der Waals surface area contributed by atoms with Crippen LogP contribution in [-0.2, 0) is 4.74 Å². The molecule has 0 amide bonds. The first-order valence-electron chi connectivity index (χ1n) is 7.47. The second kappa shape index (κ2) is 5.25. The maximum atomic E-state index is 5.96. The van der Waals surface area contributed by atoms with Gasteiger partial charge in [0.2, 0.25) is 0 Å². The molecule has 98 valence electrons. The number of ether oxygens (including phenoxy) is 1. The largest absolute Gasteiger partial charge is 0.376 e. The van der Waals surface area contributed by atoms with E-state index >= 15 is 0 Å². The molecule has 0 aromatic heterocycles. The van der Waals surface area contributed by atoms with Crippen molar-refractivity contribution >= 4 is 0 Å². The van der Waals surface area contributed by atoms with Crippen molar-refractivity contribution in [1.82, 2.24) is 10.2 Å². The van der Waals surface area contributed by atoms with Gasteiger partial charge in [-0.15, -0.1) is 0 Å². The van der Waals surface area contributed by atoms with Gasteiger partial charge in [0.05, 0.1) is 6.10 Å². The maximum Gasteiger partial charge on any atom is 0.0759 e. The van der Waals surface area contributed by atoms with Crippen LogP contribution >= 0.6 is 0 Å². The Kier molecular flexibility index (Phi) is 3.69. The zero-order valence-corrected chi connectivity index (χ0v) is 11.0. The van der Waals surface area contributed by atoms with Crippen LogP contribution in [-0.4, -0.2) is 49.3 Å². The van der Waals surface area contributed by atoms with Gasteiger partial charge in [0, 0.05) is 31.8 Å². The summed E-state index contributed by atoms with van der Waals surface area (Å²) in [4.78, 5) is 2.71. The van der Waals surface area contributed by atoms with E-state index in [-0.39, 0.29) is 0 Å². The van der Waals surface area contributed by atoms with Gasteiger partial charge in [-0.05, 0) is 44.6 Å². The van der Waals surface area contributed by atoms with Crippen LogP contribution in [0.1, 0.15) is 39.0 Å². The Bertz CT molecular complexity index is 247. The molecule has 17 heavy (non-hydrogen) atoms. The molecule has 2 heterocycles. The molecule has 1 saturated carbocycles. The molecule has 1 N–H and O–H groups in total. The monoisotopic (exact) mass is 238 g/mol. The van der Waals surface area contributed by atoms with E-state index in [4.69, 9.17) is 4.74 Å². The zero-order valence-electron chi connectivity index (χ0n) is 11.0. The topological polar surface area (TPSA) is 24.5 Å². The standard InChI is InChI=1S/C14H26N2O/c1-2-15-12-5-8-16(9-6-12)13-7-10-17-14(13)11-3-4-11/h11-15H,2-10H2,1H3. The molecule has 3 heteroatoms. The summed E-state index contributed by atoms with van der Waals surface area (Å²) in [5.41, 5.74) is 0. The highest BCUT2D eigenvalue weighted by Crippen LogP contribution is 2.40. The molecule has 3 aliphatic rings. The Morgan fingerprint density at radius 3 is 2.53 bits per heavy atom. The van der Waals surface area contributed by atoms with Crippen molar-refractivity contribution in [2.24, 2.45) is 5.92 Å². The summed E-state index contributed by atoms with van der Waals surface area (Å²) in [6, 6.07) is 1.50. The average molecular weight is 238 g/mol. The van der Waals surface area contributed by atoms with Gasteiger partial charge in [0.15, 0.2) is 0 Å². The minimum Gasteiger partial charge on any atom is -0.376 e. The first-order valence-corrected chi connectivity index (χ1v) is 7.47. The first kappa shape index (κ1) is 11.9. The van der Waals surface area contributed by atoms with Crippen molar-refractivity contribution in [3.8, 4) is 0 Å². The molecule has 2 unspecified atom stereocenters. The molecule has 3 rings (SSSR count). The van der Waals surface area contributed by atoms with Crippen molar-refractivity contribution in [3.05, 3.63) is 0 Å². The van der Waals surface area contributed by atoms with Crippen LogP contribution in [0.2, 0.25) is 0 Å². The molecule has 2 saturated heterocycles. The fourth-order valence-corrected chi connectivity index (χ4v) is 3.59. The van der Waals surface area contributed by atoms with Crippen molar-refractivity contribution < 1.29 is 4.74 Å². The Morgan fingerprint density at radius 1 is 1.12 bits per heavy atom. The molecule has 2 aliphatic heterocycles. The lowest BCUT2D eigenvalue weighted by Gasteiger charge is -2.38. The van der Waals surface area contributed by atoms with E-state index in [0.717, 1.165) is 31.2 Å². The van der Waals surface area contributed by atoms with Crippen LogP contribution in [0.5, 0.6) is 0 Å². The van der Waals surface area contributed by atoms with Crippen LogP contribution in [0.15, 0.2) is 0 Å². The van der Waals surface area contributed by atoms with Gasteiger partial charge < -0.3 is 10.1 Å². The van der Waals surface area contributed by atoms with Crippen LogP contribution in [0.4, 0.5) is 0 Å². The minimum atomic E-state index is 0.575. The quantitative estimate of drug-likeness (QED) is 0.805. The van der Waals surface area contributed by atoms with Gasteiger partial charge in [0.25, 0.3) is 0 Å². The Balaban J connectivity index is 1.51. The molecule has 0 spiro atoms. The third-order valence-electron chi connectivity index (χ3n) is 4.68. The highest BCUT2D eigenvalue weighted by molar-refractivity contribution is 4.96. The zero-order chi connectivity index (χ0) is 11.7. The molecule has 0 aromatic rings. The molecule has 2 atom stereocenters. The maximum absolute atomic E-state index is 5.96. The van der Waals surface area contributed by atoms with Crippen LogP contribution in [0.3, 0.4) is 0 Å². The predicted octanol–water partition coefficient (Wildman–Crippen LogP) is 1.63. The van der Waals surface area contributed by atoms with Gasteiger partial charge in [0.1, 0.15) is 0 Å². The van der Waals surface area contributed by atoms with Crippen molar-refractivity contribution in [2.75, 3.05) is 26.2 Å². The number of piperidine rings is 1. The molecule has 0 aromatic carbocycles. The van der Waals surface area contributed by atoms with Gasteiger partial charge in [-0.3, -0.25) is 4.90 Å². The summed E-state index contributed by atoms with van der Waals surface area (Å²) in [5, 5.41) is 3.58. The number of hydrogen-bond acceptors (Lipinski definition) is 3. The van der Waals surface area contributed by atoms with Crippen LogP contribution in [0, 0.1) is 5.92 Å². The Hall–Kier alpha value is -0.120. The summed E-state index contributed by atoms with van der Waals surface area (Å²) in [6.45, 7) is 6.87. The van der Waals surface area contributed by atoms with Crippen molar-refractivity contribution in [3.63, 3.8) is 0 Å². The van der Waals surface area contributed by atoms with Gasteiger partial charge >= 0.3 is 0 Å². The molecule has 3 nitrogen and oxygen atoms in total. The third-order valence-corrected chi connectivity index (χ3v) is 4.68. The van der Waals surface area contributed by atoms with E-state index < -0.39 is 0 Å². The Morgan fingerprint density at radius 2 is 1.88 bits per heavy atom. The summed E-state index contributed by atoms with van der Waals surface area (Å²) >= 11 is 0. The summed E-state index contributed by atoms with van der Waals surface area (Å²) in [5.74, 6) is 0.897. The molecule has 3 fully saturated rings. The van der Waals surface area contributed by atoms with E-state index in [1.54, 1.807) is 0 Å². The first-order chi connectivity index (χ1) is 8.38. The number of nitrogens with one attached hydrogen (secondary N) is 1. The number of rotatable bonds is 4. The second-order valence-electron chi connectivity index (χ2n) is 5.90. The Labute approximate surface area is 105 Å². The lowest BCUT2D eigenvalue weighted by atomic mass is 9.98. The molecular formula is C14H26N2O. The van der Waals surface area contributed by atoms with Gasteiger partial charge in [-0.25, -0.2) is 0 Å². The smallest absolute Gasteiger partial charge is 0.0759 e. The van der Waals surface area contributed by atoms with Crippen LogP contribution in [0.25, 0.3) is 0 Å². The van der Waals surface area contributed by atoms with E-state index in [1.165, 1.54) is 45.2 Å². The van der Waals surface area contributed by atoms with Crippen LogP contribution < -0.4 is 5.32 Å². The van der Waals surface area contributed by atoms with Gasteiger partial charge in [-0.2, -0.15) is 0 Å². The lowest BCUT2D eigenvalue weighted by molar-refractivity contribution is 0.0358. The molecule has 0 bridgehead atoms. The summed E-state index contributed by atoms with van der Waals surface area (Å²) in [7, 11) is 0. The highest BCUT2D eigenvalue weighted by Gasteiger charge is 2.43. The fraction of sp³-hybridized carbons (Fsp3) is 1.00. The van der Waals surface area contributed by atoms with Gasteiger partial charge in [-0.1, -0.05) is 6.92 Å². The third kappa shape index (κ3) is 2.67. The SMILES string of the molecule is CCNC1CCN(C2CCOC2C2CC2)CC1. The predicted molar refractivity (Wildman–Crippen MR) is 69.1 cm³/mol. The van der Waals surface area contributed by atoms with Crippen molar-refractivity contribution in [2.45, 2.75) is 57.2 Å². The minimum absolute atomic E-state index is 0.575. The van der Waals surface area contributed by atoms with E-state index in [0.29, 0.717) is 6.10 Å².